The van der Waals surface area contributed by atoms with Crippen LogP contribution in [-0.2, 0) is 23.1 Å². The number of nitrogens with zero attached hydrogens (tertiary/aromatic N) is 3. The Morgan fingerprint density at radius 1 is 1.29 bits per heavy atom. The first-order valence-electron chi connectivity index (χ1n) is 10.0. The minimum Gasteiger partial charge on any atom is -0.481 e. The number of hydrogen-bond acceptors (Lipinski definition) is 3. The van der Waals surface area contributed by atoms with E-state index in [2.05, 4.69) is 17.2 Å². The van der Waals surface area contributed by atoms with Crippen LogP contribution in [0.3, 0.4) is 0 Å². The minimum absolute atomic E-state index is 0.0197. The van der Waals surface area contributed by atoms with Crippen molar-refractivity contribution in [1.82, 2.24) is 14.7 Å². The van der Waals surface area contributed by atoms with Crippen molar-refractivity contribution < 1.29 is 14.7 Å². The predicted molar refractivity (Wildman–Crippen MR) is 105 cm³/mol. The topological polar surface area (TPSA) is 75.4 Å². The van der Waals surface area contributed by atoms with Gasteiger partial charge < -0.3 is 10.0 Å². The molecule has 2 aliphatic rings. The van der Waals surface area contributed by atoms with Crippen LogP contribution in [0.4, 0.5) is 0 Å². The zero-order valence-electron chi connectivity index (χ0n) is 16.3. The van der Waals surface area contributed by atoms with E-state index in [0.717, 1.165) is 18.4 Å². The molecule has 1 aromatic heterocycles. The van der Waals surface area contributed by atoms with Crippen molar-refractivity contribution in [3.63, 3.8) is 0 Å². The summed E-state index contributed by atoms with van der Waals surface area (Å²) in [6, 6.07) is 10.3. The average Bonchev–Trinajstić information content (AvgIpc) is 3.30. The molecule has 148 valence electrons. The number of fused-ring (bicyclic) bond motifs is 1. The standard InChI is InChI=1S/C22H27N3O3/c1-24-13-16(12-23-24)7-8-20(26)25-14-19-11-18(17-5-3-2-4-6-17)9-10-22(19,15-25)21(27)28/h2-6,12-13,18-19H,7-11,14-15H2,1H3,(H,27,28)/t18-,19-,22-/m0/s1. The summed E-state index contributed by atoms with van der Waals surface area (Å²) >= 11 is 0. The van der Waals surface area contributed by atoms with Gasteiger partial charge in [-0.1, -0.05) is 30.3 Å². The van der Waals surface area contributed by atoms with Crippen LogP contribution in [-0.4, -0.2) is 44.8 Å². The van der Waals surface area contributed by atoms with E-state index in [9.17, 15) is 14.7 Å². The number of likely N-dealkylation sites (tertiary alicyclic amines) is 1. The molecule has 4 rings (SSSR count). The molecule has 1 amide bonds. The lowest BCUT2D eigenvalue weighted by molar-refractivity contribution is -0.152. The van der Waals surface area contributed by atoms with E-state index in [1.807, 2.05) is 31.4 Å². The highest BCUT2D eigenvalue weighted by atomic mass is 16.4. The van der Waals surface area contributed by atoms with Crippen LogP contribution < -0.4 is 0 Å². The third-order valence-corrected chi connectivity index (χ3v) is 6.64. The number of aliphatic carboxylic acids is 1. The van der Waals surface area contributed by atoms with Gasteiger partial charge in [-0.15, -0.1) is 0 Å². The summed E-state index contributed by atoms with van der Waals surface area (Å²) in [6.45, 7) is 0.905. The van der Waals surface area contributed by atoms with Crippen molar-refractivity contribution in [2.24, 2.45) is 18.4 Å². The summed E-state index contributed by atoms with van der Waals surface area (Å²) in [5.41, 5.74) is 1.53. The Labute approximate surface area is 165 Å². The molecule has 1 aliphatic heterocycles. The highest BCUT2D eigenvalue weighted by Crippen LogP contribution is 2.51. The molecule has 0 spiro atoms. The number of hydrogen-bond donors (Lipinski definition) is 1. The lowest BCUT2D eigenvalue weighted by Crippen LogP contribution is -2.43. The van der Waals surface area contributed by atoms with Crippen LogP contribution >= 0.6 is 0 Å². The molecule has 1 aliphatic carbocycles. The van der Waals surface area contributed by atoms with Crippen molar-refractivity contribution in [2.75, 3.05) is 13.1 Å². The quantitative estimate of drug-likeness (QED) is 0.864. The maximum absolute atomic E-state index is 12.8. The Balaban J connectivity index is 1.45. The Bertz CT molecular complexity index is 863. The Kier molecular flexibility index (Phi) is 4.96. The molecule has 6 heteroatoms. The number of aromatic nitrogens is 2. The van der Waals surface area contributed by atoms with Gasteiger partial charge >= 0.3 is 5.97 Å². The maximum Gasteiger partial charge on any atom is 0.311 e. The lowest BCUT2D eigenvalue weighted by Gasteiger charge is -2.38. The summed E-state index contributed by atoms with van der Waals surface area (Å²) < 4.78 is 1.73. The van der Waals surface area contributed by atoms with Gasteiger partial charge in [0.1, 0.15) is 0 Å². The van der Waals surface area contributed by atoms with Crippen LogP contribution in [0.2, 0.25) is 0 Å². The van der Waals surface area contributed by atoms with Gasteiger partial charge in [0.25, 0.3) is 0 Å². The van der Waals surface area contributed by atoms with Gasteiger partial charge in [-0.3, -0.25) is 14.3 Å². The average molecular weight is 381 g/mol. The number of carbonyl (C=O) groups excluding carboxylic acids is 1. The molecular formula is C22H27N3O3. The highest BCUT2D eigenvalue weighted by Gasteiger charge is 2.55. The molecule has 1 saturated heterocycles. The minimum atomic E-state index is -0.782. The maximum atomic E-state index is 12.8. The Hall–Kier alpha value is -2.63. The number of carboxylic acids is 1. The first-order valence-corrected chi connectivity index (χ1v) is 10.0. The molecule has 0 bridgehead atoms. The Morgan fingerprint density at radius 2 is 2.07 bits per heavy atom. The summed E-state index contributed by atoms with van der Waals surface area (Å²) in [6.07, 6.45) is 7.07. The van der Waals surface area contributed by atoms with Gasteiger partial charge in [-0.05, 0) is 48.6 Å². The molecule has 2 heterocycles. The van der Waals surface area contributed by atoms with E-state index in [1.165, 1.54) is 5.56 Å². The van der Waals surface area contributed by atoms with Crippen molar-refractivity contribution in [3.05, 3.63) is 53.9 Å². The number of aryl methyl sites for hydroxylation is 2. The van der Waals surface area contributed by atoms with E-state index in [1.54, 1.807) is 15.8 Å². The molecule has 1 saturated carbocycles. The molecule has 2 aromatic rings. The van der Waals surface area contributed by atoms with E-state index < -0.39 is 11.4 Å². The predicted octanol–water partition coefficient (Wildman–Crippen LogP) is 2.85. The van der Waals surface area contributed by atoms with E-state index in [4.69, 9.17) is 0 Å². The molecule has 28 heavy (non-hydrogen) atoms. The van der Waals surface area contributed by atoms with E-state index >= 15 is 0 Å². The zero-order chi connectivity index (χ0) is 19.7. The van der Waals surface area contributed by atoms with Gasteiger partial charge in [0, 0.05) is 32.8 Å². The second kappa shape index (κ2) is 7.41. The van der Waals surface area contributed by atoms with Crippen LogP contribution in [0.25, 0.3) is 0 Å². The van der Waals surface area contributed by atoms with Crippen LogP contribution in [0.1, 0.15) is 42.7 Å². The molecular weight excluding hydrogens is 354 g/mol. The van der Waals surface area contributed by atoms with Gasteiger partial charge in [-0.25, -0.2) is 0 Å². The molecule has 2 fully saturated rings. The van der Waals surface area contributed by atoms with Gasteiger partial charge in [0.15, 0.2) is 0 Å². The van der Waals surface area contributed by atoms with Crippen molar-refractivity contribution in [2.45, 2.75) is 38.0 Å². The van der Waals surface area contributed by atoms with Crippen LogP contribution in [0.15, 0.2) is 42.7 Å². The fourth-order valence-electron chi connectivity index (χ4n) is 5.03. The third-order valence-electron chi connectivity index (χ3n) is 6.64. The van der Waals surface area contributed by atoms with Gasteiger partial charge in [0.2, 0.25) is 5.91 Å². The summed E-state index contributed by atoms with van der Waals surface area (Å²) in [4.78, 5) is 26.8. The second-order valence-corrected chi connectivity index (χ2v) is 8.34. The monoisotopic (exact) mass is 381 g/mol. The molecule has 1 N–H and O–H groups in total. The number of benzene rings is 1. The van der Waals surface area contributed by atoms with Crippen molar-refractivity contribution in [1.29, 1.82) is 0 Å². The normalized spacial score (nSPS) is 26.8. The second-order valence-electron chi connectivity index (χ2n) is 8.34. The molecule has 3 atom stereocenters. The zero-order valence-corrected chi connectivity index (χ0v) is 16.3. The van der Waals surface area contributed by atoms with Gasteiger partial charge in [-0.2, -0.15) is 5.10 Å². The van der Waals surface area contributed by atoms with Crippen molar-refractivity contribution in [3.8, 4) is 0 Å². The summed E-state index contributed by atoms with van der Waals surface area (Å²) in [5, 5.41) is 14.2. The highest BCUT2D eigenvalue weighted by molar-refractivity contribution is 5.81. The number of amides is 1. The SMILES string of the molecule is Cn1cc(CCC(=O)N2C[C@@H]3C[C@@H](c4ccccc4)CC[C@]3(C(=O)O)C2)cn1. The fraction of sp³-hybridized carbons (Fsp3) is 0.500. The molecule has 6 nitrogen and oxygen atoms in total. The van der Waals surface area contributed by atoms with Crippen LogP contribution in [0.5, 0.6) is 0 Å². The summed E-state index contributed by atoms with van der Waals surface area (Å²) in [5.74, 6) is -0.294. The first-order chi connectivity index (χ1) is 13.5. The number of carbonyl (C=O) groups is 2. The van der Waals surface area contributed by atoms with Crippen LogP contribution in [0, 0.1) is 11.3 Å². The van der Waals surface area contributed by atoms with Crippen molar-refractivity contribution >= 4 is 11.9 Å². The molecule has 1 aromatic carbocycles. The van der Waals surface area contributed by atoms with E-state index in [0.29, 0.717) is 38.3 Å². The summed E-state index contributed by atoms with van der Waals surface area (Å²) in [7, 11) is 1.86. The molecule has 0 unspecified atom stereocenters. The van der Waals surface area contributed by atoms with E-state index in [-0.39, 0.29) is 11.8 Å². The molecule has 0 radical (unpaired) electrons. The van der Waals surface area contributed by atoms with Gasteiger partial charge in [0.05, 0.1) is 11.6 Å². The number of rotatable bonds is 5. The smallest absolute Gasteiger partial charge is 0.311 e. The Morgan fingerprint density at radius 3 is 2.75 bits per heavy atom. The fourth-order valence-corrected chi connectivity index (χ4v) is 5.03. The largest absolute Gasteiger partial charge is 0.481 e. The lowest BCUT2D eigenvalue weighted by atomic mass is 9.64. The number of carboxylic acid groups (broad SMARTS) is 1. The third kappa shape index (κ3) is 3.43. The first kappa shape index (κ1) is 18.7.